The van der Waals surface area contributed by atoms with Crippen molar-refractivity contribution >= 4 is 35.2 Å². The molecule has 1 fully saturated rings. The molecule has 3 aliphatic rings. The van der Waals surface area contributed by atoms with Gasteiger partial charge in [-0.1, -0.05) is 42.7 Å². The van der Waals surface area contributed by atoms with Gasteiger partial charge in [0.25, 0.3) is 5.91 Å². The fourth-order valence-electron chi connectivity index (χ4n) is 4.68. The standard InChI is InChI=1S/C25H29ClN4O3/c1-17-7-12-21-28-22(31)13-25(2,30(21)14-17)24(33)29(15-18-8-10-19(26)11-9-18)16-23(32)27-20-5-3-4-6-20/h7-12,14,20H,3-6,13,15-16H2,1-2H3,(H,27,32)/t25-/m0/s1. The average Bonchev–Trinajstić information content (AvgIpc) is 3.27. The van der Waals surface area contributed by atoms with Crippen LogP contribution in [0.15, 0.2) is 53.2 Å². The van der Waals surface area contributed by atoms with E-state index in [0.29, 0.717) is 10.9 Å². The van der Waals surface area contributed by atoms with Crippen LogP contribution in [0.2, 0.25) is 5.02 Å². The van der Waals surface area contributed by atoms with Crippen molar-refractivity contribution in [1.29, 1.82) is 0 Å². The predicted molar refractivity (Wildman–Crippen MR) is 127 cm³/mol. The highest BCUT2D eigenvalue weighted by atomic mass is 35.5. The van der Waals surface area contributed by atoms with Gasteiger partial charge in [0.2, 0.25) is 11.8 Å². The highest BCUT2D eigenvalue weighted by molar-refractivity contribution is 6.30. The zero-order valence-corrected chi connectivity index (χ0v) is 19.8. The largest absolute Gasteiger partial charge is 0.352 e. The summed E-state index contributed by atoms with van der Waals surface area (Å²) in [5.74, 6) is -0.390. The molecule has 1 atom stereocenters. The lowest BCUT2D eigenvalue weighted by Gasteiger charge is -2.44. The number of hydrogen-bond donors (Lipinski definition) is 1. The lowest BCUT2D eigenvalue weighted by Crippen LogP contribution is -2.61. The van der Waals surface area contributed by atoms with E-state index in [0.717, 1.165) is 36.8 Å². The van der Waals surface area contributed by atoms with Gasteiger partial charge in [-0.25, -0.2) is 0 Å². The van der Waals surface area contributed by atoms with E-state index in [2.05, 4.69) is 10.3 Å². The van der Waals surface area contributed by atoms with Gasteiger partial charge < -0.3 is 15.1 Å². The second-order valence-corrected chi connectivity index (χ2v) is 9.66. The molecular formula is C25H29ClN4O3. The van der Waals surface area contributed by atoms with Crippen LogP contribution in [-0.4, -0.2) is 51.5 Å². The number of halogens is 1. The van der Waals surface area contributed by atoms with E-state index in [1.54, 1.807) is 30.0 Å². The van der Waals surface area contributed by atoms with Crippen LogP contribution in [-0.2, 0) is 20.9 Å². The van der Waals surface area contributed by atoms with E-state index in [4.69, 9.17) is 11.6 Å². The number of hydrogen-bond acceptors (Lipinski definition) is 4. The fraction of sp³-hybridized carbons (Fsp3) is 0.440. The van der Waals surface area contributed by atoms with Gasteiger partial charge >= 0.3 is 0 Å². The number of amides is 3. The van der Waals surface area contributed by atoms with Crippen molar-refractivity contribution in [2.45, 2.75) is 64.1 Å². The molecule has 174 valence electrons. The molecule has 0 bridgehead atoms. The third kappa shape index (κ3) is 5.19. The number of rotatable bonds is 6. The molecule has 0 saturated heterocycles. The van der Waals surface area contributed by atoms with Crippen LogP contribution in [0.1, 0.15) is 51.5 Å². The maximum atomic E-state index is 14.0. The molecule has 1 aromatic carbocycles. The SMILES string of the molecule is CC1=CN2C(=NC(=O)C[C@@]2(C)C(=O)N(CC(=O)NC2CCCC2)Cc2ccc(Cl)cc2)C=C1. The Bertz CT molecular complexity index is 1040. The van der Waals surface area contributed by atoms with Crippen molar-refractivity contribution in [3.63, 3.8) is 0 Å². The van der Waals surface area contributed by atoms with Gasteiger partial charge in [0, 0.05) is 23.8 Å². The summed E-state index contributed by atoms with van der Waals surface area (Å²) in [6.45, 7) is 3.82. The van der Waals surface area contributed by atoms with Gasteiger partial charge in [0.05, 0.1) is 13.0 Å². The molecule has 1 saturated carbocycles. The Morgan fingerprint density at radius 1 is 1.21 bits per heavy atom. The normalized spacial score (nSPS) is 22.5. The first-order valence-electron chi connectivity index (χ1n) is 11.4. The van der Waals surface area contributed by atoms with Crippen LogP contribution in [0.5, 0.6) is 0 Å². The lowest BCUT2D eigenvalue weighted by atomic mass is 9.89. The first kappa shape index (κ1) is 23.2. The maximum Gasteiger partial charge on any atom is 0.250 e. The van der Waals surface area contributed by atoms with E-state index in [9.17, 15) is 14.4 Å². The molecule has 8 heteroatoms. The molecule has 1 aromatic rings. The summed E-state index contributed by atoms with van der Waals surface area (Å²) in [7, 11) is 0. The average molecular weight is 469 g/mol. The van der Waals surface area contributed by atoms with Gasteiger partial charge in [-0.05, 0) is 56.0 Å². The van der Waals surface area contributed by atoms with Crippen molar-refractivity contribution < 1.29 is 14.4 Å². The minimum absolute atomic E-state index is 0.0612. The molecule has 2 heterocycles. The molecule has 0 radical (unpaired) electrons. The zero-order chi connectivity index (χ0) is 23.6. The van der Waals surface area contributed by atoms with Gasteiger partial charge in [-0.2, -0.15) is 4.99 Å². The smallest absolute Gasteiger partial charge is 0.250 e. The van der Waals surface area contributed by atoms with Crippen LogP contribution < -0.4 is 5.32 Å². The van der Waals surface area contributed by atoms with E-state index < -0.39 is 5.54 Å². The molecule has 3 amide bonds. The van der Waals surface area contributed by atoms with Crippen LogP contribution in [0.25, 0.3) is 0 Å². The van der Waals surface area contributed by atoms with Crippen LogP contribution in [0, 0.1) is 0 Å². The molecule has 0 unspecified atom stereocenters. The van der Waals surface area contributed by atoms with E-state index in [-0.39, 0.29) is 43.3 Å². The Balaban J connectivity index is 1.61. The topological polar surface area (TPSA) is 82.1 Å². The maximum absolute atomic E-state index is 14.0. The number of aliphatic imine (C=N–C) groups is 1. The molecule has 0 aromatic heterocycles. The molecule has 1 aliphatic carbocycles. The molecule has 0 spiro atoms. The Hall–Kier alpha value is -2.93. The summed E-state index contributed by atoms with van der Waals surface area (Å²) in [6.07, 6.45) is 9.52. The molecule has 7 nitrogen and oxygen atoms in total. The van der Waals surface area contributed by atoms with E-state index in [1.807, 2.05) is 31.3 Å². The minimum atomic E-state index is -1.18. The summed E-state index contributed by atoms with van der Waals surface area (Å²) in [5.41, 5.74) is 0.622. The number of benzene rings is 1. The number of carbonyl (C=O) groups is 3. The Kier molecular flexibility index (Phi) is 6.70. The van der Waals surface area contributed by atoms with Crippen molar-refractivity contribution in [2.24, 2.45) is 4.99 Å². The number of fused-ring (bicyclic) bond motifs is 1. The third-order valence-corrected chi connectivity index (χ3v) is 6.68. The summed E-state index contributed by atoms with van der Waals surface area (Å²) in [4.78, 5) is 46.7. The van der Waals surface area contributed by atoms with Crippen molar-refractivity contribution in [2.75, 3.05) is 6.54 Å². The molecule has 1 N–H and O–H groups in total. The Morgan fingerprint density at radius 3 is 2.61 bits per heavy atom. The number of allylic oxidation sites excluding steroid dienone is 2. The van der Waals surface area contributed by atoms with Gasteiger partial charge in [-0.15, -0.1) is 0 Å². The monoisotopic (exact) mass is 468 g/mol. The van der Waals surface area contributed by atoms with Crippen LogP contribution in [0.3, 0.4) is 0 Å². The molecule has 4 rings (SSSR count). The highest BCUT2D eigenvalue weighted by Gasteiger charge is 2.47. The van der Waals surface area contributed by atoms with E-state index in [1.165, 1.54) is 4.90 Å². The highest BCUT2D eigenvalue weighted by Crippen LogP contribution is 2.31. The molecule has 33 heavy (non-hydrogen) atoms. The summed E-state index contributed by atoms with van der Waals surface area (Å²) in [5, 5.41) is 3.66. The van der Waals surface area contributed by atoms with Crippen LogP contribution >= 0.6 is 11.6 Å². The molecular weight excluding hydrogens is 440 g/mol. The quantitative estimate of drug-likeness (QED) is 0.691. The summed E-state index contributed by atoms with van der Waals surface area (Å²) in [6, 6.07) is 7.36. The number of amidine groups is 1. The summed E-state index contributed by atoms with van der Waals surface area (Å²) < 4.78 is 0. The Labute approximate surface area is 199 Å². The number of nitrogens with zero attached hydrogens (tertiary/aromatic N) is 3. The minimum Gasteiger partial charge on any atom is -0.352 e. The van der Waals surface area contributed by atoms with Gasteiger partial charge in [0.15, 0.2) is 0 Å². The van der Waals surface area contributed by atoms with Gasteiger partial charge in [0.1, 0.15) is 11.4 Å². The second kappa shape index (κ2) is 9.51. The van der Waals surface area contributed by atoms with Gasteiger partial charge in [-0.3, -0.25) is 14.4 Å². The predicted octanol–water partition coefficient (Wildman–Crippen LogP) is 3.59. The second-order valence-electron chi connectivity index (χ2n) is 9.23. The van der Waals surface area contributed by atoms with Crippen molar-refractivity contribution in [1.82, 2.24) is 15.1 Å². The van der Waals surface area contributed by atoms with E-state index >= 15 is 0 Å². The molecule has 2 aliphatic heterocycles. The Morgan fingerprint density at radius 2 is 1.91 bits per heavy atom. The van der Waals surface area contributed by atoms with Crippen molar-refractivity contribution in [3.8, 4) is 0 Å². The fourth-order valence-corrected chi connectivity index (χ4v) is 4.80. The number of carbonyl (C=O) groups excluding carboxylic acids is 3. The zero-order valence-electron chi connectivity index (χ0n) is 19.0. The van der Waals surface area contributed by atoms with Crippen LogP contribution in [0.4, 0.5) is 0 Å². The first-order valence-corrected chi connectivity index (χ1v) is 11.7. The lowest BCUT2D eigenvalue weighted by molar-refractivity contribution is -0.146. The van der Waals surface area contributed by atoms with Crippen molar-refractivity contribution in [3.05, 3.63) is 58.8 Å². The number of nitrogens with one attached hydrogen (secondary N) is 1. The first-order chi connectivity index (χ1) is 15.7. The third-order valence-electron chi connectivity index (χ3n) is 6.43. The summed E-state index contributed by atoms with van der Waals surface area (Å²) >= 11 is 6.03.